The number of carbonyl (C=O) groups is 1. The zero-order valence-electron chi connectivity index (χ0n) is 11.4. The Morgan fingerprint density at radius 2 is 2.05 bits per heavy atom. The highest BCUT2D eigenvalue weighted by molar-refractivity contribution is 5.75. The lowest BCUT2D eigenvalue weighted by Gasteiger charge is -2.07. The smallest absolute Gasteiger partial charge is 0.253 e. The van der Waals surface area contributed by atoms with E-state index in [0.29, 0.717) is 25.2 Å². The standard InChI is InChI=1S/C15H17N3O2/c1-2-14(19)16-8-9-18-11-17-13(10-15(18)20)12-6-4-3-5-7-12/h3-7,10-11H,2,8-9H2,1H3,(H,16,19). The molecule has 0 atom stereocenters. The quantitative estimate of drug-likeness (QED) is 0.895. The van der Waals surface area contributed by atoms with Gasteiger partial charge in [-0.2, -0.15) is 0 Å². The molecule has 5 nitrogen and oxygen atoms in total. The number of hydrogen-bond acceptors (Lipinski definition) is 3. The summed E-state index contributed by atoms with van der Waals surface area (Å²) in [6.45, 7) is 2.64. The second-order valence-electron chi connectivity index (χ2n) is 4.38. The van der Waals surface area contributed by atoms with E-state index in [0.717, 1.165) is 5.56 Å². The van der Waals surface area contributed by atoms with Gasteiger partial charge in [-0.25, -0.2) is 4.98 Å². The van der Waals surface area contributed by atoms with E-state index in [2.05, 4.69) is 10.3 Å². The van der Waals surface area contributed by atoms with E-state index in [4.69, 9.17) is 0 Å². The summed E-state index contributed by atoms with van der Waals surface area (Å²) in [5, 5.41) is 2.73. The van der Waals surface area contributed by atoms with Gasteiger partial charge in [0, 0.05) is 31.1 Å². The minimum atomic E-state index is -0.121. The summed E-state index contributed by atoms with van der Waals surface area (Å²) in [6.07, 6.45) is 1.96. The summed E-state index contributed by atoms with van der Waals surface area (Å²) in [4.78, 5) is 27.4. The lowest BCUT2D eigenvalue weighted by molar-refractivity contribution is -0.120. The molecule has 2 aromatic rings. The van der Waals surface area contributed by atoms with Gasteiger partial charge in [0.05, 0.1) is 12.0 Å². The van der Waals surface area contributed by atoms with E-state index >= 15 is 0 Å². The molecule has 0 fully saturated rings. The van der Waals surface area contributed by atoms with Crippen LogP contribution in [0, 0.1) is 0 Å². The number of rotatable bonds is 5. The largest absolute Gasteiger partial charge is 0.354 e. The molecule has 104 valence electrons. The lowest BCUT2D eigenvalue weighted by Crippen LogP contribution is -2.30. The van der Waals surface area contributed by atoms with Crippen LogP contribution in [0.3, 0.4) is 0 Å². The van der Waals surface area contributed by atoms with Crippen molar-refractivity contribution in [3.05, 3.63) is 53.1 Å². The molecule has 5 heteroatoms. The predicted octanol–water partition coefficient (Wildman–Crippen LogP) is 1.44. The Labute approximate surface area is 117 Å². The molecule has 0 aliphatic rings. The zero-order valence-corrected chi connectivity index (χ0v) is 11.4. The Morgan fingerprint density at radius 1 is 1.30 bits per heavy atom. The normalized spacial score (nSPS) is 10.2. The van der Waals surface area contributed by atoms with Gasteiger partial charge in [0.25, 0.3) is 5.56 Å². The molecule has 0 bridgehead atoms. The first-order valence-electron chi connectivity index (χ1n) is 6.59. The average Bonchev–Trinajstić information content (AvgIpc) is 2.49. The fourth-order valence-corrected chi connectivity index (χ4v) is 1.80. The van der Waals surface area contributed by atoms with Crippen LogP contribution in [0.5, 0.6) is 0 Å². The SMILES string of the molecule is CCC(=O)NCCn1cnc(-c2ccccc2)cc1=O. The van der Waals surface area contributed by atoms with Crippen molar-refractivity contribution in [1.82, 2.24) is 14.9 Å². The maximum absolute atomic E-state index is 12.0. The molecule has 2 rings (SSSR count). The third kappa shape index (κ3) is 3.54. The van der Waals surface area contributed by atoms with Gasteiger partial charge >= 0.3 is 0 Å². The summed E-state index contributed by atoms with van der Waals surface area (Å²) < 4.78 is 1.49. The number of aromatic nitrogens is 2. The highest BCUT2D eigenvalue weighted by atomic mass is 16.1. The molecule has 1 aromatic heterocycles. The fourth-order valence-electron chi connectivity index (χ4n) is 1.80. The molecular formula is C15H17N3O2. The van der Waals surface area contributed by atoms with Crippen molar-refractivity contribution in [3.8, 4) is 11.3 Å². The maximum Gasteiger partial charge on any atom is 0.253 e. The minimum Gasteiger partial charge on any atom is -0.354 e. The van der Waals surface area contributed by atoms with Crippen molar-refractivity contribution >= 4 is 5.91 Å². The third-order valence-corrected chi connectivity index (χ3v) is 2.95. The topological polar surface area (TPSA) is 64.0 Å². The van der Waals surface area contributed by atoms with E-state index in [1.54, 1.807) is 6.92 Å². The van der Waals surface area contributed by atoms with Gasteiger partial charge in [0.1, 0.15) is 0 Å². The molecule has 20 heavy (non-hydrogen) atoms. The van der Waals surface area contributed by atoms with Gasteiger partial charge in [-0.05, 0) is 0 Å². The number of hydrogen-bond donors (Lipinski definition) is 1. The van der Waals surface area contributed by atoms with Crippen LogP contribution < -0.4 is 10.9 Å². The molecular weight excluding hydrogens is 254 g/mol. The molecule has 0 aliphatic heterocycles. The molecule has 0 unspecified atom stereocenters. The molecule has 1 amide bonds. The van der Waals surface area contributed by atoms with Crippen LogP contribution in [0.2, 0.25) is 0 Å². The van der Waals surface area contributed by atoms with Crippen LogP contribution in [0.1, 0.15) is 13.3 Å². The predicted molar refractivity (Wildman–Crippen MR) is 77.2 cm³/mol. The highest BCUT2D eigenvalue weighted by Crippen LogP contribution is 2.13. The summed E-state index contributed by atoms with van der Waals surface area (Å²) in [5.74, 6) is -0.0214. The summed E-state index contributed by atoms with van der Waals surface area (Å²) in [5.41, 5.74) is 1.45. The molecule has 0 radical (unpaired) electrons. The monoisotopic (exact) mass is 271 g/mol. The Kier molecular flexibility index (Phi) is 4.65. The van der Waals surface area contributed by atoms with Crippen molar-refractivity contribution in [1.29, 1.82) is 0 Å². The zero-order chi connectivity index (χ0) is 14.4. The van der Waals surface area contributed by atoms with Crippen molar-refractivity contribution < 1.29 is 4.79 Å². The first-order chi connectivity index (χ1) is 9.70. The minimum absolute atomic E-state index is 0.0214. The molecule has 1 N–H and O–H groups in total. The van der Waals surface area contributed by atoms with E-state index in [-0.39, 0.29) is 11.5 Å². The van der Waals surface area contributed by atoms with Crippen LogP contribution in [0.25, 0.3) is 11.3 Å². The van der Waals surface area contributed by atoms with Crippen molar-refractivity contribution in [3.63, 3.8) is 0 Å². The van der Waals surface area contributed by atoms with Crippen LogP contribution in [-0.4, -0.2) is 22.0 Å². The van der Waals surface area contributed by atoms with Gasteiger partial charge in [0.2, 0.25) is 5.91 Å². The second-order valence-corrected chi connectivity index (χ2v) is 4.38. The average molecular weight is 271 g/mol. The number of amides is 1. The Balaban J connectivity index is 2.07. The van der Waals surface area contributed by atoms with Gasteiger partial charge in [0.15, 0.2) is 0 Å². The van der Waals surface area contributed by atoms with Crippen molar-refractivity contribution in [2.24, 2.45) is 0 Å². The van der Waals surface area contributed by atoms with Crippen LogP contribution in [0.4, 0.5) is 0 Å². The Morgan fingerprint density at radius 3 is 2.70 bits per heavy atom. The lowest BCUT2D eigenvalue weighted by atomic mass is 10.1. The van der Waals surface area contributed by atoms with Gasteiger partial charge in [-0.3, -0.25) is 14.2 Å². The first-order valence-corrected chi connectivity index (χ1v) is 6.59. The van der Waals surface area contributed by atoms with Gasteiger partial charge in [-0.1, -0.05) is 37.3 Å². The Hall–Kier alpha value is -2.43. The van der Waals surface area contributed by atoms with Crippen LogP contribution in [-0.2, 0) is 11.3 Å². The molecule has 0 saturated heterocycles. The molecule has 0 aliphatic carbocycles. The summed E-state index contributed by atoms with van der Waals surface area (Å²) in [7, 11) is 0. The van der Waals surface area contributed by atoms with E-state index in [1.165, 1.54) is 17.0 Å². The van der Waals surface area contributed by atoms with Gasteiger partial charge in [-0.15, -0.1) is 0 Å². The molecule has 0 spiro atoms. The van der Waals surface area contributed by atoms with E-state index in [9.17, 15) is 9.59 Å². The summed E-state index contributed by atoms with van der Waals surface area (Å²) >= 11 is 0. The first kappa shape index (κ1) is 14.0. The number of benzene rings is 1. The van der Waals surface area contributed by atoms with E-state index in [1.807, 2.05) is 30.3 Å². The van der Waals surface area contributed by atoms with Crippen LogP contribution in [0.15, 0.2) is 47.5 Å². The number of carbonyl (C=O) groups excluding carboxylic acids is 1. The number of nitrogens with one attached hydrogen (secondary N) is 1. The maximum atomic E-state index is 12.0. The second kappa shape index (κ2) is 6.65. The van der Waals surface area contributed by atoms with Crippen molar-refractivity contribution in [2.75, 3.05) is 6.54 Å². The third-order valence-electron chi connectivity index (χ3n) is 2.95. The molecule has 0 saturated carbocycles. The van der Waals surface area contributed by atoms with Gasteiger partial charge < -0.3 is 5.32 Å². The van der Waals surface area contributed by atoms with Crippen molar-refractivity contribution in [2.45, 2.75) is 19.9 Å². The highest BCUT2D eigenvalue weighted by Gasteiger charge is 2.03. The summed E-state index contributed by atoms with van der Waals surface area (Å²) in [6, 6.07) is 11.1. The molecule has 1 heterocycles. The number of nitrogens with zero attached hydrogens (tertiary/aromatic N) is 2. The van der Waals surface area contributed by atoms with Crippen LogP contribution >= 0.6 is 0 Å². The van der Waals surface area contributed by atoms with E-state index < -0.39 is 0 Å². The Bertz CT molecular complexity index is 635. The molecule has 1 aromatic carbocycles. The fraction of sp³-hybridized carbons (Fsp3) is 0.267.